The van der Waals surface area contributed by atoms with Gasteiger partial charge in [0.2, 0.25) is 0 Å². The Hall–Kier alpha value is -1.49. The molecule has 0 bridgehead atoms. The van der Waals surface area contributed by atoms with Gasteiger partial charge in [0.25, 0.3) is 0 Å². The molecule has 1 N–H and O–H groups in total. The number of ether oxygens (including phenoxy) is 1. The summed E-state index contributed by atoms with van der Waals surface area (Å²) in [4.78, 5) is 0. The average molecular weight is 324 g/mol. The number of para-hydroxylation sites is 1. The number of nitrogens with zero attached hydrogens (tertiary/aromatic N) is 2. The number of rotatable bonds is 6. The Morgan fingerprint density at radius 1 is 1.37 bits per heavy atom. The van der Waals surface area contributed by atoms with E-state index in [1.54, 1.807) is 6.20 Å². The highest BCUT2D eigenvalue weighted by molar-refractivity contribution is 9.10. The summed E-state index contributed by atoms with van der Waals surface area (Å²) in [5.41, 5.74) is 1.07. The van der Waals surface area contributed by atoms with Gasteiger partial charge in [-0.3, -0.25) is 4.68 Å². The molecule has 0 aliphatic heterocycles. The largest absolute Gasteiger partial charge is 0.488 e. The lowest BCUT2D eigenvalue weighted by Crippen LogP contribution is -2.11. The second-order valence-electron chi connectivity index (χ2n) is 4.50. The SMILES string of the molecule is CC(C)n1cc(OCCNc2ccccc2Br)cn1. The Bertz CT molecular complexity index is 525. The monoisotopic (exact) mass is 323 g/mol. The van der Waals surface area contributed by atoms with Crippen LogP contribution in [-0.2, 0) is 0 Å². The number of hydrogen-bond acceptors (Lipinski definition) is 3. The first-order chi connectivity index (χ1) is 9.16. The van der Waals surface area contributed by atoms with Crippen LogP contribution in [0, 0.1) is 0 Å². The zero-order valence-corrected chi connectivity index (χ0v) is 12.7. The highest BCUT2D eigenvalue weighted by atomic mass is 79.9. The summed E-state index contributed by atoms with van der Waals surface area (Å²) in [6.45, 7) is 5.52. The van der Waals surface area contributed by atoms with E-state index >= 15 is 0 Å². The maximum absolute atomic E-state index is 5.64. The number of halogens is 1. The summed E-state index contributed by atoms with van der Waals surface area (Å²) in [6, 6.07) is 8.39. The predicted molar refractivity (Wildman–Crippen MR) is 80.7 cm³/mol. The van der Waals surface area contributed by atoms with Crippen LogP contribution in [0.15, 0.2) is 41.1 Å². The second-order valence-corrected chi connectivity index (χ2v) is 5.36. The van der Waals surface area contributed by atoms with Gasteiger partial charge in [-0.25, -0.2) is 0 Å². The van der Waals surface area contributed by atoms with E-state index in [9.17, 15) is 0 Å². The van der Waals surface area contributed by atoms with Gasteiger partial charge in [0, 0.05) is 22.7 Å². The van der Waals surface area contributed by atoms with E-state index < -0.39 is 0 Å². The van der Waals surface area contributed by atoms with Crippen LogP contribution in [0.3, 0.4) is 0 Å². The maximum Gasteiger partial charge on any atom is 0.157 e. The van der Waals surface area contributed by atoms with Crippen molar-refractivity contribution in [2.75, 3.05) is 18.5 Å². The summed E-state index contributed by atoms with van der Waals surface area (Å²) >= 11 is 3.50. The first-order valence-electron chi connectivity index (χ1n) is 6.32. The van der Waals surface area contributed by atoms with Crippen LogP contribution in [0.4, 0.5) is 5.69 Å². The highest BCUT2D eigenvalue weighted by Crippen LogP contribution is 2.20. The molecule has 0 amide bonds. The van der Waals surface area contributed by atoms with Crippen LogP contribution in [0.5, 0.6) is 5.75 Å². The van der Waals surface area contributed by atoms with Gasteiger partial charge in [0.1, 0.15) is 6.61 Å². The molecule has 0 unspecified atom stereocenters. The molecule has 1 aromatic heterocycles. The Morgan fingerprint density at radius 3 is 2.84 bits per heavy atom. The van der Waals surface area contributed by atoms with Crippen molar-refractivity contribution in [3.63, 3.8) is 0 Å². The van der Waals surface area contributed by atoms with E-state index in [-0.39, 0.29) is 0 Å². The Balaban J connectivity index is 1.76. The van der Waals surface area contributed by atoms with Gasteiger partial charge in [-0.1, -0.05) is 12.1 Å². The van der Waals surface area contributed by atoms with E-state index in [0.29, 0.717) is 12.6 Å². The third kappa shape index (κ3) is 3.99. The van der Waals surface area contributed by atoms with Gasteiger partial charge < -0.3 is 10.1 Å². The molecule has 4 nitrogen and oxygen atoms in total. The fourth-order valence-corrected chi connectivity index (χ4v) is 2.06. The number of benzene rings is 1. The molecule has 0 fully saturated rings. The second kappa shape index (κ2) is 6.61. The van der Waals surface area contributed by atoms with Gasteiger partial charge in [0.15, 0.2) is 5.75 Å². The van der Waals surface area contributed by atoms with Crippen molar-refractivity contribution >= 4 is 21.6 Å². The lowest BCUT2D eigenvalue weighted by molar-refractivity contribution is 0.332. The molecule has 2 aromatic rings. The summed E-state index contributed by atoms with van der Waals surface area (Å²) in [5.74, 6) is 0.808. The zero-order valence-electron chi connectivity index (χ0n) is 11.1. The number of nitrogens with one attached hydrogen (secondary N) is 1. The Kier molecular flexibility index (Phi) is 4.85. The normalized spacial score (nSPS) is 10.7. The van der Waals surface area contributed by atoms with Gasteiger partial charge in [-0.05, 0) is 41.9 Å². The molecule has 19 heavy (non-hydrogen) atoms. The van der Waals surface area contributed by atoms with Crippen molar-refractivity contribution in [3.05, 3.63) is 41.1 Å². The van der Waals surface area contributed by atoms with Gasteiger partial charge in [-0.15, -0.1) is 0 Å². The van der Waals surface area contributed by atoms with Crippen molar-refractivity contribution < 1.29 is 4.74 Å². The van der Waals surface area contributed by atoms with E-state index in [2.05, 4.69) is 40.2 Å². The topological polar surface area (TPSA) is 39.1 Å². The highest BCUT2D eigenvalue weighted by Gasteiger charge is 2.02. The van der Waals surface area contributed by atoms with Crippen LogP contribution in [0.25, 0.3) is 0 Å². The molecule has 0 saturated carbocycles. The number of hydrogen-bond donors (Lipinski definition) is 1. The molecule has 0 aliphatic carbocycles. The first-order valence-corrected chi connectivity index (χ1v) is 7.11. The number of anilines is 1. The number of aromatic nitrogens is 2. The minimum Gasteiger partial charge on any atom is -0.488 e. The first kappa shape index (κ1) is 13.9. The van der Waals surface area contributed by atoms with Crippen LogP contribution >= 0.6 is 15.9 Å². The third-order valence-electron chi connectivity index (χ3n) is 2.67. The summed E-state index contributed by atoms with van der Waals surface area (Å²) < 4.78 is 8.58. The predicted octanol–water partition coefficient (Wildman–Crippen LogP) is 3.72. The Morgan fingerprint density at radius 2 is 2.16 bits per heavy atom. The van der Waals surface area contributed by atoms with Gasteiger partial charge >= 0.3 is 0 Å². The minimum atomic E-state index is 0.357. The quantitative estimate of drug-likeness (QED) is 0.823. The maximum atomic E-state index is 5.64. The molecule has 1 aromatic carbocycles. The molecule has 0 spiro atoms. The minimum absolute atomic E-state index is 0.357. The summed E-state index contributed by atoms with van der Waals surface area (Å²) in [7, 11) is 0. The molecule has 0 atom stereocenters. The van der Waals surface area contributed by atoms with Crippen molar-refractivity contribution in [2.45, 2.75) is 19.9 Å². The van der Waals surface area contributed by atoms with Crippen LogP contribution in [-0.4, -0.2) is 22.9 Å². The van der Waals surface area contributed by atoms with Crippen molar-refractivity contribution in [3.8, 4) is 5.75 Å². The molecule has 0 saturated heterocycles. The molecular formula is C14H18BrN3O. The average Bonchev–Trinajstić information content (AvgIpc) is 2.85. The fraction of sp³-hybridized carbons (Fsp3) is 0.357. The van der Waals surface area contributed by atoms with Crippen molar-refractivity contribution in [2.24, 2.45) is 0 Å². The van der Waals surface area contributed by atoms with E-state index in [4.69, 9.17) is 4.74 Å². The molecule has 0 radical (unpaired) electrons. The third-order valence-corrected chi connectivity index (χ3v) is 3.36. The lowest BCUT2D eigenvalue weighted by atomic mass is 10.3. The summed E-state index contributed by atoms with van der Waals surface area (Å²) in [5, 5.41) is 7.54. The van der Waals surface area contributed by atoms with Crippen LogP contribution in [0.2, 0.25) is 0 Å². The van der Waals surface area contributed by atoms with E-state index in [0.717, 1.165) is 22.5 Å². The molecule has 102 valence electrons. The molecule has 2 rings (SSSR count). The van der Waals surface area contributed by atoms with E-state index in [1.165, 1.54) is 0 Å². The van der Waals surface area contributed by atoms with Crippen LogP contribution < -0.4 is 10.1 Å². The molecule has 1 heterocycles. The molecule has 5 heteroatoms. The molecular weight excluding hydrogens is 306 g/mol. The zero-order chi connectivity index (χ0) is 13.7. The lowest BCUT2D eigenvalue weighted by Gasteiger charge is -2.08. The van der Waals surface area contributed by atoms with Gasteiger partial charge in [-0.2, -0.15) is 5.10 Å². The van der Waals surface area contributed by atoms with Crippen molar-refractivity contribution in [1.82, 2.24) is 9.78 Å². The van der Waals surface area contributed by atoms with Crippen molar-refractivity contribution in [1.29, 1.82) is 0 Å². The standard InChI is InChI=1S/C14H18BrN3O/c1-11(2)18-10-12(9-17-18)19-8-7-16-14-6-4-3-5-13(14)15/h3-6,9-11,16H,7-8H2,1-2H3. The smallest absolute Gasteiger partial charge is 0.157 e. The fourth-order valence-electron chi connectivity index (χ4n) is 1.64. The Labute approximate surface area is 121 Å². The van der Waals surface area contributed by atoms with Gasteiger partial charge in [0.05, 0.1) is 12.4 Å². The molecule has 0 aliphatic rings. The summed E-state index contributed by atoms with van der Waals surface area (Å²) in [6.07, 6.45) is 3.67. The van der Waals surface area contributed by atoms with Crippen LogP contribution in [0.1, 0.15) is 19.9 Å². The van der Waals surface area contributed by atoms with E-state index in [1.807, 2.05) is 35.1 Å².